The summed E-state index contributed by atoms with van der Waals surface area (Å²) in [5.74, 6) is -0.542. The summed E-state index contributed by atoms with van der Waals surface area (Å²) in [4.78, 5) is 37.5. The normalized spacial score (nSPS) is 14.4. The van der Waals surface area contributed by atoms with Gasteiger partial charge in [-0.1, -0.05) is 203 Å². The molecule has 0 aliphatic heterocycles. The van der Waals surface area contributed by atoms with Crippen LogP contribution in [0.15, 0.2) is 72.9 Å². The Morgan fingerprint density at radius 3 is 1.42 bits per heavy atom. The number of allylic oxidation sites excluding steroid dienone is 11. The van der Waals surface area contributed by atoms with Gasteiger partial charge in [0.05, 0.1) is 33.8 Å². The molecule has 0 saturated heterocycles. The molecule has 0 radical (unpaired) electrons. The van der Waals surface area contributed by atoms with Crippen molar-refractivity contribution < 1.29 is 37.3 Å². The van der Waals surface area contributed by atoms with E-state index in [1.165, 1.54) is 96.3 Å². The number of ether oxygens (including phenoxy) is 1. The van der Waals surface area contributed by atoms with E-state index in [1.54, 1.807) is 0 Å². The first-order valence-corrected chi connectivity index (χ1v) is 29.8. The second kappa shape index (κ2) is 49.0. The van der Waals surface area contributed by atoms with Gasteiger partial charge >= 0.3 is 13.8 Å². The van der Waals surface area contributed by atoms with Gasteiger partial charge in [0.2, 0.25) is 5.91 Å². The summed E-state index contributed by atoms with van der Waals surface area (Å²) >= 11 is 0. The zero-order chi connectivity index (χ0) is 50.8. The van der Waals surface area contributed by atoms with Gasteiger partial charge in [-0.15, -0.1) is 0 Å². The van der Waals surface area contributed by atoms with Gasteiger partial charge in [0.1, 0.15) is 19.3 Å². The van der Waals surface area contributed by atoms with Crippen LogP contribution in [0.1, 0.15) is 239 Å². The van der Waals surface area contributed by atoms with E-state index < -0.39 is 20.0 Å². The predicted molar refractivity (Wildman–Crippen MR) is 295 cm³/mol. The highest BCUT2D eigenvalue weighted by Crippen LogP contribution is 2.43. The Balaban J connectivity index is 5.40. The molecule has 0 saturated carbocycles. The smallest absolute Gasteiger partial charge is 0.456 e. The maximum atomic E-state index is 13.5. The van der Waals surface area contributed by atoms with Crippen molar-refractivity contribution in [3.63, 3.8) is 0 Å². The van der Waals surface area contributed by atoms with E-state index in [-0.39, 0.29) is 31.5 Å². The third-order valence-corrected chi connectivity index (χ3v) is 13.1. The van der Waals surface area contributed by atoms with Crippen LogP contribution in [0.5, 0.6) is 0 Å². The molecule has 69 heavy (non-hydrogen) atoms. The van der Waals surface area contributed by atoms with Crippen LogP contribution in [0.2, 0.25) is 0 Å². The lowest BCUT2D eigenvalue weighted by Gasteiger charge is -2.27. The first-order chi connectivity index (χ1) is 33.4. The summed E-state index contributed by atoms with van der Waals surface area (Å²) < 4.78 is 30.6. The number of carbonyl (C=O) groups excluding carboxylic acids is 2. The SMILES string of the molecule is CC/C=C/C/C=C/C/C=C/CCCCCCC(=O)OC(/C=C/CCCCCCCCCCCC)C(COP(=O)(O)OCC[N+](C)(C)C)NC(=O)CCCCCCCCC/C=C\C/C=C\CCCCC. The van der Waals surface area contributed by atoms with Gasteiger partial charge in [-0.05, 0) is 96.0 Å². The maximum Gasteiger partial charge on any atom is 0.472 e. The molecule has 3 unspecified atom stereocenters. The summed E-state index contributed by atoms with van der Waals surface area (Å²) in [5.41, 5.74) is 0. The highest BCUT2D eigenvalue weighted by Gasteiger charge is 2.30. The minimum atomic E-state index is -4.45. The van der Waals surface area contributed by atoms with Gasteiger partial charge in [0.15, 0.2) is 0 Å². The van der Waals surface area contributed by atoms with E-state index in [1.807, 2.05) is 33.3 Å². The predicted octanol–water partition coefficient (Wildman–Crippen LogP) is 16.9. The number of rotatable bonds is 50. The maximum absolute atomic E-state index is 13.5. The number of carbonyl (C=O) groups is 2. The molecule has 9 nitrogen and oxygen atoms in total. The minimum absolute atomic E-state index is 0.0322. The summed E-state index contributed by atoms with van der Waals surface area (Å²) in [7, 11) is 1.47. The molecule has 400 valence electrons. The van der Waals surface area contributed by atoms with Crippen LogP contribution in [0.4, 0.5) is 0 Å². The number of likely N-dealkylation sites (N-methyl/N-ethyl adjacent to an activating group) is 1. The molecule has 0 bridgehead atoms. The van der Waals surface area contributed by atoms with Crippen LogP contribution in [0, 0.1) is 0 Å². The number of nitrogens with one attached hydrogen (secondary N) is 1. The third kappa shape index (κ3) is 50.2. The van der Waals surface area contributed by atoms with Gasteiger partial charge in [-0.3, -0.25) is 18.6 Å². The van der Waals surface area contributed by atoms with Crippen molar-refractivity contribution in [2.45, 2.75) is 251 Å². The second-order valence-corrected chi connectivity index (χ2v) is 21.5. The largest absolute Gasteiger partial charge is 0.472 e. The molecule has 0 aliphatic rings. The number of quaternary nitrogens is 1. The summed E-state index contributed by atoms with van der Waals surface area (Å²) in [6.07, 6.45) is 61.8. The highest BCUT2D eigenvalue weighted by molar-refractivity contribution is 7.47. The van der Waals surface area contributed by atoms with E-state index in [4.69, 9.17) is 13.8 Å². The van der Waals surface area contributed by atoms with Gasteiger partial charge < -0.3 is 19.4 Å². The van der Waals surface area contributed by atoms with Crippen LogP contribution in [0.3, 0.4) is 0 Å². The van der Waals surface area contributed by atoms with Crippen LogP contribution >= 0.6 is 7.82 Å². The molecule has 0 aromatic rings. The van der Waals surface area contributed by atoms with E-state index in [2.05, 4.69) is 86.8 Å². The molecule has 0 heterocycles. The fourth-order valence-electron chi connectivity index (χ4n) is 7.75. The lowest BCUT2D eigenvalue weighted by molar-refractivity contribution is -0.870. The summed E-state index contributed by atoms with van der Waals surface area (Å²) in [6, 6.07) is -0.863. The lowest BCUT2D eigenvalue weighted by atomic mass is 10.0. The number of phosphoric acid groups is 1. The standard InChI is InChI=1S/C59H107N2O7P/c1-7-10-13-16-19-22-25-28-30-31-32-33-36-39-42-45-48-51-58(62)60-56(55-67-69(64,65)66-54-53-61(4,5)6)57(50-47-44-41-38-35-27-24-21-18-15-12-9-3)68-59(63)52-49-46-43-40-37-34-29-26-23-20-17-14-11-8-2/h11,14,19-20,22-23,28-30,34,47,50,56-57H,7-10,12-13,15-18,21,24-27,31-33,35-46,48-49,51-55H2,1-6H3,(H-,60,62,64,65)/p+1/b14-11+,22-19-,23-20+,30-28-,34-29+,50-47+. The first kappa shape index (κ1) is 66.5. The van der Waals surface area contributed by atoms with Crippen LogP contribution < -0.4 is 5.32 Å². The fraction of sp³-hybridized carbons (Fsp3) is 0.763. The van der Waals surface area contributed by atoms with E-state index in [0.29, 0.717) is 23.9 Å². The second-order valence-electron chi connectivity index (χ2n) is 20.1. The number of amides is 1. The Labute approximate surface area is 425 Å². The highest BCUT2D eigenvalue weighted by atomic mass is 31.2. The zero-order valence-electron chi connectivity index (χ0n) is 45.5. The number of hydrogen-bond donors (Lipinski definition) is 2. The first-order valence-electron chi connectivity index (χ1n) is 28.3. The summed E-state index contributed by atoms with van der Waals surface area (Å²) in [6.45, 7) is 6.84. The Morgan fingerprint density at radius 1 is 0.522 bits per heavy atom. The molecule has 0 aromatic heterocycles. The van der Waals surface area contributed by atoms with Gasteiger partial charge in [-0.25, -0.2) is 4.57 Å². The molecule has 0 rings (SSSR count). The lowest BCUT2D eigenvalue weighted by Crippen LogP contribution is -2.47. The number of unbranched alkanes of at least 4 members (excludes halogenated alkanes) is 24. The molecule has 0 aliphatic carbocycles. The molecule has 0 fully saturated rings. The van der Waals surface area contributed by atoms with Crippen molar-refractivity contribution in [1.29, 1.82) is 0 Å². The van der Waals surface area contributed by atoms with E-state index in [9.17, 15) is 19.0 Å². The quantitative estimate of drug-likeness (QED) is 0.0205. The number of phosphoric ester groups is 1. The van der Waals surface area contributed by atoms with Crippen molar-refractivity contribution in [2.75, 3.05) is 40.9 Å². The number of hydrogen-bond acceptors (Lipinski definition) is 6. The third-order valence-electron chi connectivity index (χ3n) is 12.1. The van der Waals surface area contributed by atoms with Crippen LogP contribution in [0.25, 0.3) is 0 Å². The number of esters is 1. The molecule has 2 N–H and O–H groups in total. The van der Waals surface area contributed by atoms with Crippen LogP contribution in [-0.2, 0) is 27.9 Å². The molecule has 0 spiro atoms. The Hall–Kier alpha value is -2.55. The summed E-state index contributed by atoms with van der Waals surface area (Å²) in [5, 5.41) is 3.04. The van der Waals surface area contributed by atoms with Gasteiger partial charge in [0, 0.05) is 12.8 Å². The van der Waals surface area contributed by atoms with E-state index in [0.717, 1.165) is 103 Å². The van der Waals surface area contributed by atoms with Crippen molar-refractivity contribution in [2.24, 2.45) is 0 Å². The minimum Gasteiger partial charge on any atom is -0.456 e. The van der Waals surface area contributed by atoms with Crippen molar-refractivity contribution in [1.82, 2.24) is 5.32 Å². The van der Waals surface area contributed by atoms with Crippen molar-refractivity contribution in [3.8, 4) is 0 Å². The number of nitrogens with zero attached hydrogens (tertiary/aromatic N) is 1. The Kier molecular flexibility index (Phi) is 47.2. The van der Waals surface area contributed by atoms with Gasteiger partial charge in [-0.2, -0.15) is 0 Å². The average Bonchev–Trinajstić information content (AvgIpc) is 3.31. The van der Waals surface area contributed by atoms with Gasteiger partial charge in [0.25, 0.3) is 0 Å². The fourth-order valence-corrected chi connectivity index (χ4v) is 8.48. The topological polar surface area (TPSA) is 111 Å². The molecular formula is C59H108N2O7P+. The van der Waals surface area contributed by atoms with Crippen molar-refractivity contribution in [3.05, 3.63) is 72.9 Å². The van der Waals surface area contributed by atoms with E-state index >= 15 is 0 Å². The Bertz CT molecular complexity index is 1420. The Morgan fingerprint density at radius 2 is 0.928 bits per heavy atom. The van der Waals surface area contributed by atoms with Crippen molar-refractivity contribution >= 4 is 19.7 Å². The molecule has 3 atom stereocenters. The molecule has 10 heteroatoms. The molecule has 0 aromatic carbocycles. The molecular weight excluding hydrogens is 880 g/mol. The molecule has 1 amide bonds. The monoisotopic (exact) mass is 988 g/mol. The average molecular weight is 988 g/mol. The zero-order valence-corrected chi connectivity index (χ0v) is 46.4. The van der Waals surface area contributed by atoms with Crippen LogP contribution in [-0.4, -0.2) is 74.3 Å².